The molecular weight excluding hydrogens is 314 g/mol. The highest BCUT2D eigenvalue weighted by Crippen LogP contribution is 2.26. The Morgan fingerprint density at radius 3 is 2.28 bits per heavy atom. The van der Waals surface area contributed by atoms with Crippen LogP contribution in [0.25, 0.3) is 0 Å². The van der Waals surface area contributed by atoms with Crippen molar-refractivity contribution >= 4 is 0 Å². The lowest BCUT2D eigenvalue weighted by Crippen LogP contribution is -2.52. The van der Waals surface area contributed by atoms with Gasteiger partial charge in [0.2, 0.25) is 0 Å². The van der Waals surface area contributed by atoms with Gasteiger partial charge in [0.15, 0.2) is 0 Å². The summed E-state index contributed by atoms with van der Waals surface area (Å²) in [4.78, 5) is 2.19. The fourth-order valence-electron chi connectivity index (χ4n) is 3.39. The molecule has 2 aromatic carbocycles. The number of hydrogen-bond donors (Lipinski definition) is 1. The van der Waals surface area contributed by atoms with Crippen molar-refractivity contribution in [2.24, 2.45) is 0 Å². The molecule has 25 heavy (non-hydrogen) atoms. The van der Waals surface area contributed by atoms with Gasteiger partial charge < -0.3 is 14.6 Å². The number of aliphatic hydroxyl groups excluding tert-OH is 1. The molecule has 2 aromatic rings. The molecule has 1 aliphatic carbocycles. The zero-order valence-electron chi connectivity index (χ0n) is 14.8. The summed E-state index contributed by atoms with van der Waals surface area (Å²) < 4.78 is 11.8. The molecule has 3 rings (SSSR count). The van der Waals surface area contributed by atoms with Gasteiger partial charge in [0, 0.05) is 12.6 Å². The van der Waals surface area contributed by atoms with E-state index < -0.39 is 6.10 Å². The minimum atomic E-state index is -0.490. The molecule has 134 valence electrons. The largest absolute Gasteiger partial charge is 0.492 e. The van der Waals surface area contributed by atoms with Crippen LogP contribution in [-0.2, 0) is 0 Å². The summed E-state index contributed by atoms with van der Waals surface area (Å²) >= 11 is 0. The van der Waals surface area contributed by atoms with Crippen molar-refractivity contribution in [3.8, 4) is 11.5 Å². The molecule has 0 saturated heterocycles. The van der Waals surface area contributed by atoms with Gasteiger partial charge in [-0.2, -0.15) is 0 Å². The Bertz CT molecular complexity index is 620. The van der Waals surface area contributed by atoms with Crippen LogP contribution < -0.4 is 9.47 Å². The van der Waals surface area contributed by atoms with Crippen LogP contribution in [0.2, 0.25) is 0 Å². The maximum atomic E-state index is 10.8. The molecule has 0 aliphatic heterocycles. The molecule has 1 N–H and O–H groups in total. The number of ether oxygens (including phenoxy) is 2. The van der Waals surface area contributed by atoms with Crippen molar-refractivity contribution in [2.75, 3.05) is 20.2 Å². The van der Waals surface area contributed by atoms with Gasteiger partial charge in [-0.25, -0.2) is 0 Å². The van der Waals surface area contributed by atoms with Crippen molar-refractivity contribution in [1.82, 2.24) is 4.90 Å². The van der Waals surface area contributed by atoms with Crippen LogP contribution in [0.3, 0.4) is 0 Å². The van der Waals surface area contributed by atoms with E-state index in [4.69, 9.17) is 9.47 Å². The summed E-state index contributed by atoms with van der Waals surface area (Å²) in [5.41, 5.74) is 0. The number of benzene rings is 2. The van der Waals surface area contributed by atoms with E-state index in [0.717, 1.165) is 37.3 Å². The van der Waals surface area contributed by atoms with Crippen molar-refractivity contribution in [1.29, 1.82) is 0 Å². The second-order valence-corrected chi connectivity index (χ2v) is 6.60. The third kappa shape index (κ3) is 4.97. The first-order valence-electron chi connectivity index (χ1n) is 9.02. The van der Waals surface area contributed by atoms with Crippen molar-refractivity contribution in [3.05, 3.63) is 60.7 Å². The second kappa shape index (κ2) is 8.88. The number of nitrogens with zero attached hydrogens (tertiary/aromatic N) is 1. The lowest BCUT2D eigenvalue weighted by atomic mass is 9.89. The SMILES string of the molecule is CN(CCOc1ccccc1)[C@@H]1CCC[C@H](Oc2ccccc2)[C@H]1O. The first-order valence-corrected chi connectivity index (χ1v) is 9.02. The summed E-state index contributed by atoms with van der Waals surface area (Å²) in [6.07, 6.45) is 2.29. The van der Waals surface area contributed by atoms with E-state index in [0.29, 0.717) is 6.61 Å². The van der Waals surface area contributed by atoms with Gasteiger partial charge in [0.1, 0.15) is 30.3 Å². The maximum Gasteiger partial charge on any atom is 0.126 e. The molecule has 4 nitrogen and oxygen atoms in total. The average molecular weight is 341 g/mol. The van der Waals surface area contributed by atoms with E-state index in [1.807, 2.05) is 67.7 Å². The van der Waals surface area contributed by atoms with E-state index in [1.165, 1.54) is 0 Å². The first-order chi connectivity index (χ1) is 12.2. The van der Waals surface area contributed by atoms with Crippen LogP contribution in [0, 0.1) is 0 Å². The molecule has 0 heterocycles. The molecule has 1 saturated carbocycles. The van der Waals surface area contributed by atoms with Crippen LogP contribution in [0.15, 0.2) is 60.7 Å². The Morgan fingerprint density at radius 2 is 1.60 bits per heavy atom. The van der Waals surface area contributed by atoms with Crippen LogP contribution in [0.5, 0.6) is 11.5 Å². The number of rotatable bonds is 7. The molecule has 0 unspecified atom stereocenters. The van der Waals surface area contributed by atoms with Gasteiger partial charge in [-0.1, -0.05) is 36.4 Å². The van der Waals surface area contributed by atoms with E-state index in [2.05, 4.69) is 4.90 Å². The smallest absolute Gasteiger partial charge is 0.126 e. The molecule has 3 atom stereocenters. The predicted molar refractivity (Wildman–Crippen MR) is 99.1 cm³/mol. The number of aliphatic hydroxyl groups is 1. The normalized spacial score (nSPS) is 23.4. The summed E-state index contributed by atoms with van der Waals surface area (Å²) in [7, 11) is 2.05. The van der Waals surface area contributed by atoms with Crippen LogP contribution in [0.1, 0.15) is 19.3 Å². The molecule has 1 aliphatic rings. The molecule has 0 aromatic heterocycles. The van der Waals surface area contributed by atoms with Crippen molar-refractivity contribution in [2.45, 2.75) is 37.5 Å². The van der Waals surface area contributed by atoms with E-state index >= 15 is 0 Å². The minimum absolute atomic E-state index is 0.0989. The molecular formula is C21H27NO3. The summed E-state index contributed by atoms with van der Waals surface area (Å²) in [5.74, 6) is 1.70. The molecule has 4 heteroatoms. The third-order valence-corrected chi connectivity index (χ3v) is 4.82. The van der Waals surface area contributed by atoms with Gasteiger partial charge in [-0.15, -0.1) is 0 Å². The Balaban J connectivity index is 1.50. The predicted octanol–water partition coefficient (Wildman–Crippen LogP) is 3.36. The van der Waals surface area contributed by atoms with E-state index in [-0.39, 0.29) is 12.1 Å². The van der Waals surface area contributed by atoms with Gasteiger partial charge in [-0.05, 0) is 50.6 Å². The number of hydrogen-bond acceptors (Lipinski definition) is 4. The second-order valence-electron chi connectivity index (χ2n) is 6.60. The van der Waals surface area contributed by atoms with Gasteiger partial charge in [-0.3, -0.25) is 4.90 Å². The zero-order valence-corrected chi connectivity index (χ0v) is 14.8. The van der Waals surface area contributed by atoms with Crippen molar-refractivity contribution < 1.29 is 14.6 Å². The quantitative estimate of drug-likeness (QED) is 0.838. The number of likely N-dealkylation sites (N-methyl/N-ethyl adjacent to an activating group) is 1. The maximum absolute atomic E-state index is 10.8. The fraction of sp³-hybridized carbons (Fsp3) is 0.429. The van der Waals surface area contributed by atoms with E-state index in [9.17, 15) is 5.11 Å². The molecule has 0 bridgehead atoms. The third-order valence-electron chi connectivity index (χ3n) is 4.82. The summed E-state index contributed by atoms with van der Waals surface area (Å²) in [6, 6.07) is 19.7. The monoisotopic (exact) mass is 341 g/mol. The minimum Gasteiger partial charge on any atom is -0.492 e. The Kier molecular flexibility index (Phi) is 6.31. The average Bonchev–Trinajstić information content (AvgIpc) is 2.65. The first kappa shape index (κ1) is 17.8. The lowest BCUT2D eigenvalue weighted by Gasteiger charge is -2.39. The highest BCUT2D eigenvalue weighted by atomic mass is 16.5. The van der Waals surface area contributed by atoms with E-state index in [1.54, 1.807) is 0 Å². The Hall–Kier alpha value is -2.04. The van der Waals surface area contributed by atoms with Crippen LogP contribution in [-0.4, -0.2) is 48.5 Å². The molecule has 0 radical (unpaired) electrons. The molecule has 0 amide bonds. The summed E-state index contributed by atoms with van der Waals surface area (Å²) in [5, 5.41) is 10.8. The topological polar surface area (TPSA) is 41.9 Å². The standard InChI is InChI=1S/C21H27NO3/c1-22(15-16-24-17-9-4-2-5-10-17)19-13-8-14-20(21(19)23)25-18-11-6-3-7-12-18/h2-7,9-12,19-21,23H,8,13-16H2,1H3/t19-,20+,21+/m1/s1. The van der Waals surface area contributed by atoms with Crippen LogP contribution in [0.4, 0.5) is 0 Å². The lowest BCUT2D eigenvalue weighted by molar-refractivity contribution is -0.0489. The Labute approximate surface area is 150 Å². The highest BCUT2D eigenvalue weighted by Gasteiger charge is 2.35. The zero-order chi connectivity index (χ0) is 17.5. The van der Waals surface area contributed by atoms with Gasteiger partial charge in [0.25, 0.3) is 0 Å². The Morgan fingerprint density at radius 1 is 0.960 bits per heavy atom. The summed E-state index contributed by atoms with van der Waals surface area (Å²) in [6.45, 7) is 1.38. The highest BCUT2D eigenvalue weighted by molar-refractivity contribution is 5.22. The van der Waals surface area contributed by atoms with Gasteiger partial charge >= 0.3 is 0 Å². The molecule has 0 spiro atoms. The van der Waals surface area contributed by atoms with Crippen LogP contribution >= 0.6 is 0 Å². The van der Waals surface area contributed by atoms with Gasteiger partial charge in [0.05, 0.1) is 0 Å². The fourth-order valence-corrected chi connectivity index (χ4v) is 3.39. The number of para-hydroxylation sites is 2. The van der Waals surface area contributed by atoms with Crippen molar-refractivity contribution in [3.63, 3.8) is 0 Å². The molecule has 1 fully saturated rings.